The second kappa shape index (κ2) is 4.91. The molecule has 3 rings (SSSR count). The SMILES string of the molecule is N#Cc1cccc(CNc2ccc3c(c2)OCO3)c1. The van der Waals surface area contributed by atoms with Crippen molar-refractivity contribution >= 4 is 5.69 Å². The summed E-state index contributed by atoms with van der Waals surface area (Å²) in [5, 5.41) is 12.1. The molecule has 0 saturated carbocycles. The van der Waals surface area contributed by atoms with Gasteiger partial charge in [0.25, 0.3) is 0 Å². The van der Waals surface area contributed by atoms with Gasteiger partial charge in [-0.15, -0.1) is 0 Å². The Hall–Kier alpha value is -2.67. The Morgan fingerprint density at radius 2 is 2.00 bits per heavy atom. The van der Waals surface area contributed by atoms with Gasteiger partial charge in [-0.25, -0.2) is 0 Å². The zero-order chi connectivity index (χ0) is 13.1. The van der Waals surface area contributed by atoms with Gasteiger partial charge >= 0.3 is 0 Å². The number of hydrogen-bond donors (Lipinski definition) is 1. The van der Waals surface area contributed by atoms with Crippen LogP contribution in [0.4, 0.5) is 5.69 Å². The molecular formula is C15H12N2O2. The number of hydrogen-bond acceptors (Lipinski definition) is 4. The minimum absolute atomic E-state index is 0.281. The maximum atomic E-state index is 8.85. The van der Waals surface area contributed by atoms with E-state index in [9.17, 15) is 0 Å². The van der Waals surface area contributed by atoms with Crippen molar-refractivity contribution in [1.29, 1.82) is 5.26 Å². The largest absolute Gasteiger partial charge is 0.454 e. The minimum atomic E-state index is 0.281. The summed E-state index contributed by atoms with van der Waals surface area (Å²) in [6.07, 6.45) is 0. The Labute approximate surface area is 111 Å². The lowest BCUT2D eigenvalue weighted by Crippen LogP contribution is -1.99. The molecule has 94 valence electrons. The molecule has 1 aliphatic heterocycles. The molecule has 1 aliphatic rings. The first-order valence-corrected chi connectivity index (χ1v) is 5.98. The molecule has 0 radical (unpaired) electrons. The van der Waals surface area contributed by atoms with Gasteiger partial charge in [0.15, 0.2) is 11.5 Å². The number of nitrogens with zero attached hydrogens (tertiary/aromatic N) is 1. The molecule has 4 heteroatoms. The van der Waals surface area contributed by atoms with Crippen LogP contribution >= 0.6 is 0 Å². The third-order valence-electron chi connectivity index (χ3n) is 2.93. The van der Waals surface area contributed by atoms with Gasteiger partial charge in [0.05, 0.1) is 11.6 Å². The molecule has 0 aromatic heterocycles. The monoisotopic (exact) mass is 252 g/mol. The third-order valence-corrected chi connectivity index (χ3v) is 2.93. The van der Waals surface area contributed by atoms with E-state index in [1.165, 1.54) is 0 Å². The molecule has 0 amide bonds. The van der Waals surface area contributed by atoms with Gasteiger partial charge in [0.2, 0.25) is 6.79 Å². The normalized spacial score (nSPS) is 11.9. The van der Waals surface area contributed by atoms with Gasteiger partial charge < -0.3 is 14.8 Å². The zero-order valence-corrected chi connectivity index (χ0v) is 10.2. The van der Waals surface area contributed by atoms with Crippen molar-refractivity contribution in [2.45, 2.75) is 6.54 Å². The maximum Gasteiger partial charge on any atom is 0.231 e. The maximum absolute atomic E-state index is 8.85. The van der Waals surface area contributed by atoms with E-state index >= 15 is 0 Å². The van der Waals surface area contributed by atoms with Crippen LogP contribution in [0, 0.1) is 11.3 Å². The topological polar surface area (TPSA) is 54.3 Å². The van der Waals surface area contributed by atoms with Crippen molar-refractivity contribution in [3.63, 3.8) is 0 Å². The van der Waals surface area contributed by atoms with E-state index in [2.05, 4.69) is 11.4 Å². The zero-order valence-electron chi connectivity index (χ0n) is 10.2. The first-order chi connectivity index (χ1) is 9.35. The Morgan fingerprint density at radius 3 is 2.89 bits per heavy atom. The number of benzene rings is 2. The van der Waals surface area contributed by atoms with Crippen LogP contribution in [0.3, 0.4) is 0 Å². The average molecular weight is 252 g/mol. The molecule has 19 heavy (non-hydrogen) atoms. The Bertz CT molecular complexity index is 647. The summed E-state index contributed by atoms with van der Waals surface area (Å²) < 4.78 is 10.6. The van der Waals surface area contributed by atoms with E-state index in [-0.39, 0.29) is 6.79 Å². The summed E-state index contributed by atoms with van der Waals surface area (Å²) in [4.78, 5) is 0. The van der Waals surface area contributed by atoms with Crippen molar-refractivity contribution in [1.82, 2.24) is 0 Å². The highest BCUT2D eigenvalue weighted by Crippen LogP contribution is 2.34. The summed E-state index contributed by atoms with van der Waals surface area (Å²) in [5.74, 6) is 1.54. The van der Waals surface area contributed by atoms with Crippen LogP contribution in [0.15, 0.2) is 42.5 Å². The number of ether oxygens (including phenoxy) is 2. The van der Waals surface area contributed by atoms with Crippen molar-refractivity contribution in [3.8, 4) is 17.6 Å². The minimum Gasteiger partial charge on any atom is -0.454 e. The molecular weight excluding hydrogens is 240 g/mol. The molecule has 0 fully saturated rings. The summed E-state index contributed by atoms with van der Waals surface area (Å²) in [6, 6.07) is 15.4. The van der Waals surface area contributed by atoms with Crippen molar-refractivity contribution in [2.24, 2.45) is 0 Å². The molecule has 0 atom stereocenters. The second-order valence-corrected chi connectivity index (χ2v) is 4.23. The number of rotatable bonds is 3. The van der Waals surface area contributed by atoms with Crippen molar-refractivity contribution < 1.29 is 9.47 Å². The van der Waals surface area contributed by atoms with Crippen LogP contribution in [-0.2, 0) is 6.54 Å². The standard InChI is InChI=1S/C15H12N2O2/c16-8-11-2-1-3-12(6-11)9-17-13-4-5-14-15(7-13)19-10-18-14/h1-7,17H,9-10H2. The summed E-state index contributed by atoms with van der Waals surface area (Å²) >= 11 is 0. The van der Waals surface area contributed by atoms with Crippen molar-refractivity contribution in [2.75, 3.05) is 12.1 Å². The fourth-order valence-electron chi connectivity index (χ4n) is 1.96. The second-order valence-electron chi connectivity index (χ2n) is 4.23. The summed E-state index contributed by atoms with van der Waals surface area (Å²) in [5.41, 5.74) is 2.70. The molecule has 1 heterocycles. The lowest BCUT2D eigenvalue weighted by molar-refractivity contribution is 0.174. The van der Waals surface area contributed by atoms with Gasteiger partial charge in [0, 0.05) is 18.3 Å². The summed E-state index contributed by atoms with van der Waals surface area (Å²) in [7, 11) is 0. The number of nitrogens with one attached hydrogen (secondary N) is 1. The van der Waals surface area contributed by atoms with E-state index in [1.54, 1.807) is 6.07 Å². The highest BCUT2D eigenvalue weighted by atomic mass is 16.7. The van der Waals surface area contributed by atoms with Gasteiger partial charge in [-0.1, -0.05) is 12.1 Å². The lowest BCUT2D eigenvalue weighted by Gasteiger charge is -2.07. The van der Waals surface area contributed by atoms with Crippen LogP contribution in [-0.4, -0.2) is 6.79 Å². The van der Waals surface area contributed by atoms with Gasteiger partial charge in [-0.2, -0.15) is 5.26 Å². The molecule has 0 saturated heterocycles. The first-order valence-electron chi connectivity index (χ1n) is 5.98. The molecule has 0 unspecified atom stereocenters. The van der Waals surface area contributed by atoms with E-state index in [0.717, 1.165) is 22.7 Å². The van der Waals surface area contributed by atoms with Gasteiger partial charge in [-0.3, -0.25) is 0 Å². The average Bonchev–Trinajstić information content (AvgIpc) is 2.93. The number of nitriles is 1. The molecule has 2 aromatic rings. The molecule has 0 aliphatic carbocycles. The van der Waals surface area contributed by atoms with E-state index < -0.39 is 0 Å². The fourth-order valence-corrected chi connectivity index (χ4v) is 1.96. The van der Waals surface area contributed by atoms with Crippen LogP contribution in [0.2, 0.25) is 0 Å². The summed E-state index contributed by atoms with van der Waals surface area (Å²) in [6.45, 7) is 0.943. The quantitative estimate of drug-likeness (QED) is 0.912. The first kappa shape index (κ1) is 11.4. The molecule has 2 aromatic carbocycles. The Morgan fingerprint density at radius 1 is 1.11 bits per heavy atom. The molecule has 0 spiro atoms. The van der Waals surface area contributed by atoms with Crippen LogP contribution in [0.1, 0.15) is 11.1 Å². The van der Waals surface area contributed by atoms with Gasteiger partial charge in [-0.05, 0) is 29.8 Å². The highest BCUT2D eigenvalue weighted by Gasteiger charge is 2.12. The fraction of sp³-hybridized carbons (Fsp3) is 0.133. The predicted molar refractivity (Wildman–Crippen MR) is 71.0 cm³/mol. The Kier molecular flexibility index (Phi) is 2.95. The van der Waals surface area contributed by atoms with Gasteiger partial charge in [0.1, 0.15) is 0 Å². The number of fused-ring (bicyclic) bond motifs is 1. The van der Waals surface area contributed by atoms with Crippen LogP contribution in [0.5, 0.6) is 11.5 Å². The third kappa shape index (κ3) is 2.45. The number of anilines is 1. The van der Waals surface area contributed by atoms with E-state index in [4.69, 9.17) is 14.7 Å². The highest BCUT2D eigenvalue weighted by molar-refractivity contribution is 5.55. The lowest BCUT2D eigenvalue weighted by atomic mass is 10.1. The van der Waals surface area contributed by atoms with E-state index in [1.807, 2.05) is 36.4 Å². The van der Waals surface area contributed by atoms with Crippen LogP contribution in [0.25, 0.3) is 0 Å². The Balaban J connectivity index is 1.70. The predicted octanol–water partition coefficient (Wildman–Crippen LogP) is 2.90. The van der Waals surface area contributed by atoms with Crippen molar-refractivity contribution in [3.05, 3.63) is 53.6 Å². The smallest absolute Gasteiger partial charge is 0.231 e. The molecule has 1 N–H and O–H groups in total. The molecule has 4 nitrogen and oxygen atoms in total. The molecule has 0 bridgehead atoms. The van der Waals surface area contributed by atoms with Crippen LogP contribution < -0.4 is 14.8 Å². The van der Waals surface area contributed by atoms with E-state index in [0.29, 0.717) is 12.1 Å².